The van der Waals surface area contributed by atoms with Crippen LogP contribution in [-0.4, -0.2) is 18.0 Å². The van der Waals surface area contributed by atoms with Gasteiger partial charge in [0.1, 0.15) is 0 Å². The van der Waals surface area contributed by atoms with E-state index in [1.807, 2.05) is 0 Å². The highest BCUT2D eigenvalue weighted by molar-refractivity contribution is 7.31. The van der Waals surface area contributed by atoms with E-state index in [-0.39, 0.29) is 0 Å². The van der Waals surface area contributed by atoms with E-state index in [0.29, 0.717) is 0 Å². The van der Waals surface area contributed by atoms with E-state index in [1.54, 1.807) is 5.57 Å². The lowest BCUT2D eigenvalue weighted by Crippen LogP contribution is -2.25. The molecule has 0 N–H and O–H groups in total. The van der Waals surface area contributed by atoms with Crippen LogP contribution in [0.15, 0.2) is 59.1 Å². The van der Waals surface area contributed by atoms with Gasteiger partial charge >= 0.3 is 0 Å². The van der Waals surface area contributed by atoms with Crippen molar-refractivity contribution in [3.8, 4) is 0 Å². The molecule has 3 rings (SSSR count). The zero-order valence-corrected chi connectivity index (χ0v) is 15.5. The lowest BCUT2D eigenvalue weighted by molar-refractivity contribution is 0.351. The van der Waals surface area contributed by atoms with Crippen LogP contribution in [0.2, 0.25) is 0 Å². The Kier molecular flexibility index (Phi) is 5.28. The molecule has 1 fully saturated rings. The van der Waals surface area contributed by atoms with Gasteiger partial charge in [-0.25, -0.2) is 0 Å². The van der Waals surface area contributed by atoms with Gasteiger partial charge in [0, 0.05) is 18.8 Å². The first-order valence-corrected chi connectivity index (χ1v) is 9.84. The van der Waals surface area contributed by atoms with E-state index >= 15 is 0 Å². The van der Waals surface area contributed by atoms with Crippen molar-refractivity contribution in [2.24, 2.45) is 0 Å². The van der Waals surface area contributed by atoms with Crippen LogP contribution < -0.4 is 0 Å². The SMILES string of the molecule is C=C(/C1=C(/C)CCN(CCC=C2CC2)/C(C)=C\C1)c1ccc[pH]1. The molecule has 0 amide bonds. The molecule has 2 aliphatic rings. The maximum atomic E-state index is 4.39. The van der Waals surface area contributed by atoms with Gasteiger partial charge in [-0.3, -0.25) is 0 Å². The lowest BCUT2D eigenvalue weighted by atomic mass is 9.94. The maximum absolute atomic E-state index is 4.39. The van der Waals surface area contributed by atoms with Gasteiger partial charge < -0.3 is 4.90 Å². The normalized spacial score (nSPS) is 24.2. The Bertz CT molecular complexity index is 652. The van der Waals surface area contributed by atoms with E-state index in [0.717, 1.165) is 34.1 Å². The summed E-state index contributed by atoms with van der Waals surface area (Å²) in [5.74, 6) is 2.25. The quantitative estimate of drug-likeness (QED) is 0.586. The van der Waals surface area contributed by atoms with Gasteiger partial charge in [0.15, 0.2) is 0 Å². The summed E-state index contributed by atoms with van der Waals surface area (Å²) in [4.78, 5) is 2.56. The third-order valence-electron chi connectivity index (χ3n) is 5.03. The molecule has 1 aromatic heterocycles. The summed E-state index contributed by atoms with van der Waals surface area (Å²) in [6.07, 6.45) is 10.9. The number of rotatable bonds is 5. The summed E-state index contributed by atoms with van der Waals surface area (Å²) in [7, 11) is 0.792. The largest absolute Gasteiger partial charge is 0.375 e. The van der Waals surface area contributed by atoms with Gasteiger partial charge in [0.05, 0.1) is 0 Å². The molecule has 1 aliphatic carbocycles. The van der Waals surface area contributed by atoms with Crippen molar-refractivity contribution in [2.75, 3.05) is 13.1 Å². The molecule has 0 bridgehead atoms. The van der Waals surface area contributed by atoms with E-state index in [4.69, 9.17) is 0 Å². The van der Waals surface area contributed by atoms with Gasteiger partial charge in [-0.05, 0) is 68.2 Å². The van der Waals surface area contributed by atoms with Crippen molar-refractivity contribution in [2.45, 2.75) is 46.0 Å². The average Bonchev–Trinajstić information content (AvgIpc) is 3.19. The van der Waals surface area contributed by atoms with Gasteiger partial charge in [-0.2, -0.15) is 0 Å². The Labute approximate surface area is 142 Å². The van der Waals surface area contributed by atoms with Crippen LogP contribution in [0.1, 0.15) is 51.2 Å². The lowest BCUT2D eigenvalue weighted by Gasteiger charge is -2.28. The van der Waals surface area contributed by atoms with Crippen LogP contribution in [0.5, 0.6) is 0 Å². The summed E-state index contributed by atoms with van der Waals surface area (Å²) < 4.78 is 0. The molecule has 1 unspecified atom stereocenters. The van der Waals surface area contributed by atoms with E-state index in [9.17, 15) is 0 Å². The average molecular weight is 325 g/mol. The zero-order valence-electron chi connectivity index (χ0n) is 14.5. The summed E-state index contributed by atoms with van der Waals surface area (Å²) in [5.41, 5.74) is 7.33. The number of hydrogen-bond acceptors (Lipinski definition) is 1. The van der Waals surface area contributed by atoms with Crippen molar-refractivity contribution in [3.05, 3.63) is 64.4 Å². The van der Waals surface area contributed by atoms with Gasteiger partial charge in [0.25, 0.3) is 0 Å². The molecule has 0 aromatic carbocycles. The zero-order chi connectivity index (χ0) is 16.2. The molecular formula is C21H28NP. The first-order chi connectivity index (χ1) is 11.1. The minimum absolute atomic E-state index is 0.792. The molecule has 1 nitrogen and oxygen atoms in total. The third kappa shape index (κ3) is 4.30. The molecule has 1 aromatic rings. The van der Waals surface area contributed by atoms with Crippen molar-refractivity contribution >= 4 is 13.8 Å². The predicted octanol–water partition coefficient (Wildman–Crippen LogP) is 6.16. The Hall–Kier alpha value is -1.46. The fourth-order valence-corrected chi connectivity index (χ4v) is 4.12. The standard InChI is InChI=1S/C21H28NP/c1-16-12-14-22(13-4-6-19-9-10-19)17(2)8-11-20(16)18(3)21-7-5-15-23-21/h5-8,15,23H,3-4,9-14H2,1-2H3/b17-8-,20-16-. The maximum Gasteiger partial charge on any atom is 0.0212 e. The minimum atomic E-state index is 0.792. The highest BCUT2D eigenvalue weighted by Gasteiger charge is 2.15. The van der Waals surface area contributed by atoms with Gasteiger partial charge in [-0.1, -0.05) is 42.0 Å². The Morgan fingerprint density at radius 1 is 1.30 bits per heavy atom. The van der Waals surface area contributed by atoms with Crippen molar-refractivity contribution < 1.29 is 0 Å². The summed E-state index contributed by atoms with van der Waals surface area (Å²) in [6.45, 7) is 11.2. The van der Waals surface area contributed by atoms with Crippen LogP contribution in [0, 0.1) is 0 Å². The number of allylic oxidation sites excluding steroid dienone is 5. The first kappa shape index (κ1) is 16.4. The van der Waals surface area contributed by atoms with Crippen LogP contribution in [0.4, 0.5) is 0 Å². The fourth-order valence-electron chi connectivity index (χ4n) is 3.23. The number of hydrogen-bond donors (Lipinski definition) is 0. The first-order valence-electron chi connectivity index (χ1n) is 8.76. The molecule has 0 saturated heterocycles. The second kappa shape index (κ2) is 7.41. The molecule has 2 heterocycles. The van der Waals surface area contributed by atoms with Gasteiger partial charge in [0.2, 0.25) is 0 Å². The monoisotopic (exact) mass is 325 g/mol. The summed E-state index contributed by atoms with van der Waals surface area (Å²) >= 11 is 0. The second-order valence-electron chi connectivity index (χ2n) is 6.76. The molecule has 0 spiro atoms. The molecule has 1 atom stereocenters. The third-order valence-corrected chi connectivity index (χ3v) is 6.17. The topological polar surface area (TPSA) is 3.24 Å². The van der Waals surface area contributed by atoms with Crippen molar-refractivity contribution in [1.29, 1.82) is 0 Å². The summed E-state index contributed by atoms with van der Waals surface area (Å²) in [5, 5.41) is 1.42. The van der Waals surface area contributed by atoms with Crippen LogP contribution in [-0.2, 0) is 0 Å². The molecule has 0 radical (unpaired) electrons. The molecule has 23 heavy (non-hydrogen) atoms. The predicted molar refractivity (Wildman–Crippen MR) is 104 cm³/mol. The smallest absolute Gasteiger partial charge is 0.0212 e. The van der Waals surface area contributed by atoms with Crippen molar-refractivity contribution in [1.82, 2.24) is 4.90 Å². The highest BCUT2D eigenvalue weighted by atomic mass is 31.0. The Morgan fingerprint density at radius 2 is 2.13 bits per heavy atom. The second-order valence-corrected chi connectivity index (χ2v) is 7.92. The van der Waals surface area contributed by atoms with Crippen LogP contribution >= 0.6 is 8.19 Å². The fraction of sp³-hybridized carbons (Fsp3) is 0.429. The van der Waals surface area contributed by atoms with E-state index < -0.39 is 0 Å². The molecule has 1 aliphatic heterocycles. The molecular weight excluding hydrogens is 297 g/mol. The Morgan fingerprint density at radius 3 is 2.83 bits per heavy atom. The van der Waals surface area contributed by atoms with E-state index in [2.05, 4.69) is 55.4 Å². The highest BCUT2D eigenvalue weighted by Crippen LogP contribution is 2.34. The van der Waals surface area contributed by atoms with E-state index in [1.165, 1.54) is 47.0 Å². The molecule has 2 heteroatoms. The van der Waals surface area contributed by atoms with Crippen LogP contribution in [0.3, 0.4) is 0 Å². The van der Waals surface area contributed by atoms with Gasteiger partial charge in [-0.15, -0.1) is 8.19 Å². The molecule has 122 valence electrons. The van der Waals surface area contributed by atoms with Crippen LogP contribution in [0.25, 0.3) is 5.57 Å². The Balaban J connectivity index is 1.68. The summed E-state index contributed by atoms with van der Waals surface area (Å²) in [6, 6.07) is 4.39. The number of nitrogens with zero attached hydrogens (tertiary/aromatic N) is 1. The molecule has 1 saturated carbocycles. The minimum Gasteiger partial charge on any atom is -0.375 e. The van der Waals surface area contributed by atoms with Crippen molar-refractivity contribution in [3.63, 3.8) is 0 Å².